The van der Waals surface area contributed by atoms with Crippen molar-refractivity contribution in [1.82, 2.24) is 0 Å². The molecule has 0 amide bonds. The maximum atomic E-state index is 9.03. The molecular weight excluding hydrogens is 188 g/mol. The first kappa shape index (κ1) is 10.3. The van der Waals surface area contributed by atoms with E-state index in [-0.39, 0.29) is 6.61 Å². The van der Waals surface area contributed by atoms with Gasteiger partial charge in [0, 0.05) is 24.5 Å². The van der Waals surface area contributed by atoms with Crippen LogP contribution in [0.5, 0.6) is 0 Å². The van der Waals surface area contributed by atoms with Crippen LogP contribution in [0.1, 0.15) is 12.5 Å². The molecule has 1 aromatic rings. The van der Waals surface area contributed by atoms with Crippen molar-refractivity contribution in [3.63, 3.8) is 0 Å². The Hall–Kier alpha value is -1.22. The van der Waals surface area contributed by atoms with E-state index in [1.807, 2.05) is 12.1 Å². The minimum atomic E-state index is 0.195. The SMILES string of the molecule is CC1Cc2ccc(N)cc2N(CCO)C1. The molecule has 2 rings (SSSR count). The number of nitrogens with zero attached hydrogens (tertiary/aromatic N) is 1. The lowest BCUT2D eigenvalue weighted by atomic mass is 9.93. The van der Waals surface area contributed by atoms with E-state index in [0.717, 1.165) is 18.7 Å². The highest BCUT2D eigenvalue weighted by molar-refractivity contribution is 5.62. The first-order valence-electron chi connectivity index (χ1n) is 5.45. The summed E-state index contributed by atoms with van der Waals surface area (Å²) < 4.78 is 0. The lowest BCUT2D eigenvalue weighted by Crippen LogP contribution is -2.36. The summed E-state index contributed by atoms with van der Waals surface area (Å²) in [5.74, 6) is 0.646. The highest BCUT2D eigenvalue weighted by Gasteiger charge is 2.21. The molecule has 0 aliphatic carbocycles. The second-order valence-electron chi connectivity index (χ2n) is 4.37. The molecule has 1 heterocycles. The maximum absolute atomic E-state index is 9.03. The first-order valence-corrected chi connectivity index (χ1v) is 5.45. The highest BCUT2D eigenvalue weighted by atomic mass is 16.3. The van der Waals surface area contributed by atoms with Gasteiger partial charge in [-0.2, -0.15) is 0 Å². The van der Waals surface area contributed by atoms with Crippen LogP contribution in [-0.4, -0.2) is 24.8 Å². The first-order chi connectivity index (χ1) is 7.20. The maximum Gasteiger partial charge on any atom is 0.0606 e. The normalized spacial score (nSPS) is 20.1. The number of anilines is 2. The second-order valence-corrected chi connectivity index (χ2v) is 4.37. The largest absolute Gasteiger partial charge is 0.399 e. The van der Waals surface area contributed by atoms with Crippen LogP contribution in [0.4, 0.5) is 11.4 Å². The lowest BCUT2D eigenvalue weighted by molar-refractivity contribution is 0.298. The molecule has 0 bridgehead atoms. The summed E-state index contributed by atoms with van der Waals surface area (Å²) in [7, 11) is 0. The van der Waals surface area contributed by atoms with Gasteiger partial charge in [-0.15, -0.1) is 0 Å². The van der Waals surface area contributed by atoms with E-state index >= 15 is 0 Å². The third-order valence-corrected chi connectivity index (χ3v) is 2.92. The molecule has 3 nitrogen and oxygen atoms in total. The molecule has 0 radical (unpaired) electrons. The molecule has 0 fully saturated rings. The van der Waals surface area contributed by atoms with Gasteiger partial charge in [-0.3, -0.25) is 0 Å². The average Bonchev–Trinajstić information content (AvgIpc) is 2.19. The van der Waals surface area contributed by atoms with Crippen molar-refractivity contribution < 1.29 is 5.11 Å². The number of β-amino-alcohol motifs (C(OH)–C–C–N with tert-alkyl or cyclic N) is 1. The van der Waals surface area contributed by atoms with Gasteiger partial charge < -0.3 is 15.7 Å². The van der Waals surface area contributed by atoms with Crippen molar-refractivity contribution in [2.24, 2.45) is 5.92 Å². The van der Waals surface area contributed by atoms with Gasteiger partial charge in [0.25, 0.3) is 0 Å². The zero-order chi connectivity index (χ0) is 10.8. The van der Waals surface area contributed by atoms with Crippen molar-refractivity contribution in [2.75, 3.05) is 30.3 Å². The molecule has 3 heteroatoms. The van der Waals surface area contributed by atoms with Crippen LogP contribution in [0.2, 0.25) is 0 Å². The molecule has 0 saturated heterocycles. The van der Waals surface area contributed by atoms with Crippen molar-refractivity contribution in [1.29, 1.82) is 0 Å². The van der Waals surface area contributed by atoms with Gasteiger partial charge in [-0.05, 0) is 30.0 Å². The standard InChI is InChI=1S/C12H18N2O/c1-9-6-10-2-3-11(13)7-12(10)14(8-9)4-5-15/h2-3,7,9,15H,4-6,8,13H2,1H3. The number of aliphatic hydroxyl groups is 1. The van der Waals surface area contributed by atoms with Crippen molar-refractivity contribution in [3.05, 3.63) is 23.8 Å². The highest BCUT2D eigenvalue weighted by Crippen LogP contribution is 2.30. The Kier molecular flexibility index (Phi) is 2.82. The van der Waals surface area contributed by atoms with Gasteiger partial charge in [-0.1, -0.05) is 13.0 Å². The third-order valence-electron chi connectivity index (χ3n) is 2.92. The van der Waals surface area contributed by atoms with Gasteiger partial charge in [0.1, 0.15) is 0 Å². The summed E-state index contributed by atoms with van der Waals surface area (Å²) in [6.45, 7) is 4.14. The third kappa shape index (κ3) is 2.07. The van der Waals surface area contributed by atoms with Gasteiger partial charge >= 0.3 is 0 Å². The van der Waals surface area contributed by atoms with E-state index < -0.39 is 0 Å². The smallest absolute Gasteiger partial charge is 0.0606 e. The molecule has 3 N–H and O–H groups in total. The Bertz CT molecular complexity index is 351. The Morgan fingerprint density at radius 1 is 1.53 bits per heavy atom. The van der Waals surface area contributed by atoms with E-state index in [4.69, 9.17) is 10.8 Å². The van der Waals surface area contributed by atoms with Gasteiger partial charge in [-0.25, -0.2) is 0 Å². The number of nitrogens with two attached hydrogens (primary N) is 1. The van der Waals surface area contributed by atoms with Gasteiger partial charge in [0.15, 0.2) is 0 Å². The van der Waals surface area contributed by atoms with Crippen LogP contribution in [0.15, 0.2) is 18.2 Å². The Morgan fingerprint density at radius 2 is 2.33 bits per heavy atom. The minimum Gasteiger partial charge on any atom is -0.399 e. The lowest BCUT2D eigenvalue weighted by Gasteiger charge is -2.34. The summed E-state index contributed by atoms with van der Waals surface area (Å²) >= 11 is 0. The number of aliphatic hydroxyl groups excluding tert-OH is 1. The van der Waals surface area contributed by atoms with E-state index in [2.05, 4.69) is 17.9 Å². The predicted octanol–water partition coefficient (Wildman–Crippen LogP) is 1.26. The van der Waals surface area contributed by atoms with Gasteiger partial charge in [0.2, 0.25) is 0 Å². The topological polar surface area (TPSA) is 49.5 Å². The molecular formula is C12H18N2O. The van der Waals surface area contributed by atoms with Crippen molar-refractivity contribution in [3.8, 4) is 0 Å². The fourth-order valence-electron chi connectivity index (χ4n) is 2.29. The number of fused-ring (bicyclic) bond motifs is 1. The molecule has 0 aromatic heterocycles. The number of nitrogen functional groups attached to an aromatic ring is 1. The van der Waals surface area contributed by atoms with Crippen LogP contribution in [0.25, 0.3) is 0 Å². The summed E-state index contributed by atoms with van der Waals surface area (Å²) in [4.78, 5) is 2.22. The molecule has 1 aliphatic rings. The second kappa shape index (κ2) is 4.11. The molecule has 1 aliphatic heterocycles. The Labute approximate surface area is 90.5 Å². The van der Waals surface area contributed by atoms with Crippen molar-refractivity contribution in [2.45, 2.75) is 13.3 Å². The minimum absolute atomic E-state index is 0.195. The van der Waals surface area contributed by atoms with E-state index in [0.29, 0.717) is 12.5 Å². The number of hydrogen-bond donors (Lipinski definition) is 2. The summed E-state index contributed by atoms with van der Waals surface area (Å²) in [6, 6.07) is 6.07. The van der Waals surface area contributed by atoms with Crippen molar-refractivity contribution >= 4 is 11.4 Å². The van der Waals surface area contributed by atoms with E-state index in [9.17, 15) is 0 Å². The molecule has 1 aromatic carbocycles. The molecule has 15 heavy (non-hydrogen) atoms. The van der Waals surface area contributed by atoms with E-state index in [1.54, 1.807) is 0 Å². The molecule has 0 saturated carbocycles. The zero-order valence-electron chi connectivity index (χ0n) is 9.11. The summed E-state index contributed by atoms with van der Waals surface area (Å²) in [6.07, 6.45) is 1.11. The van der Waals surface area contributed by atoms with Crippen LogP contribution in [0.3, 0.4) is 0 Å². The van der Waals surface area contributed by atoms with Crippen LogP contribution >= 0.6 is 0 Å². The monoisotopic (exact) mass is 206 g/mol. The molecule has 1 unspecified atom stereocenters. The zero-order valence-corrected chi connectivity index (χ0v) is 9.11. The Balaban J connectivity index is 2.34. The quantitative estimate of drug-likeness (QED) is 0.716. The van der Waals surface area contributed by atoms with Crippen LogP contribution < -0.4 is 10.6 Å². The number of benzene rings is 1. The van der Waals surface area contributed by atoms with Crippen LogP contribution in [0, 0.1) is 5.92 Å². The summed E-state index contributed by atoms with van der Waals surface area (Å²) in [5.41, 5.74) is 9.12. The molecule has 0 spiro atoms. The van der Waals surface area contributed by atoms with Gasteiger partial charge in [0.05, 0.1) is 6.61 Å². The fourth-order valence-corrected chi connectivity index (χ4v) is 2.29. The molecule has 1 atom stereocenters. The number of hydrogen-bond acceptors (Lipinski definition) is 3. The van der Waals surface area contributed by atoms with E-state index in [1.165, 1.54) is 11.3 Å². The average molecular weight is 206 g/mol. The molecule has 82 valence electrons. The number of rotatable bonds is 2. The fraction of sp³-hybridized carbons (Fsp3) is 0.500. The predicted molar refractivity (Wildman–Crippen MR) is 63.0 cm³/mol. The Morgan fingerprint density at radius 3 is 3.07 bits per heavy atom. The van der Waals surface area contributed by atoms with Crippen LogP contribution in [-0.2, 0) is 6.42 Å². The summed E-state index contributed by atoms with van der Waals surface area (Å²) in [5, 5.41) is 9.03.